The van der Waals surface area contributed by atoms with Gasteiger partial charge in [-0.2, -0.15) is 5.10 Å². The summed E-state index contributed by atoms with van der Waals surface area (Å²) in [6.45, 7) is 0. The highest BCUT2D eigenvalue weighted by Gasteiger charge is 2.12. The molecule has 0 unspecified atom stereocenters. The summed E-state index contributed by atoms with van der Waals surface area (Å²) in [6, 6.07) is 11.8. The maximum atomic E-state index is 13.9. The Labute approximate surface area is 165 Å². The third-order valence-corrected chi connectivity index (χ3v) is 4.76. The number of nitrogens with one attached hydrogen (secondary N) is 1. The Morgan fingerprint density at radius 2 is 2.04 bits per heavy atom. The second-order valence-corrected chi connectivity index (χ2v) is 6.87. The van der Waals surface area contributed by atoms with Crippen LogP contribution in [0.2, 0.25) is 5.02 Å². The fraction of sp³-hybridized carbons (Fsp3) is 0.0952. The molecule has 4 aromatic rings. The molecule has 0 saturated carbocycles. The van der Waals surface area contributed by atoms with E-state index >= 15 is 0 Å². The number of benzene rings is 2. The third-order valence-electron chi connectivity index (χ3n) is 4.40. The molecule has 1 amide bonds. The molecule has 0 fully saturated rings. The van der Waals surface area contributed by atoms with E-state index in [4.69, 9.17) is 11.6 Å². The maximum Gasteiger partial charge on any atom is 0.228 e. The van der Waals surface area contributed by atoms with E-state index in [1.54, 1.807) is 29.2 Å². The average Bonchev–Trinajstić information content (AvgIpc) is 3.11. The van der Waals surface area contributed by atoms with Gasteiger partial charge in [0.1, 0.15) is 5.82 Å². The van der Waals surface area contributed by atoms with Crippen molar-refractivity contribution in [3.05, 3.63) is 77.5 Å². The number of hydrogen-bond donors (Lipinski definition) is 1. The Morgan fingerprint density at radius 3 is 2.79 bits per heavy atom. The molecule has 0 aliphatic rings. The zero-order chi connectivity index (χ0) is 19.7. The molecule has 0 atom stereocenters. The number of rotatable bonds is 4. The number of amides is 1. The Bertz CT molecular complexity index is 1170. The van der Waals surface area contributed by atoms with Crippen LogP contribution in [0.3, 0.4) is 0 Å². The van der Waals surface area contributed by atoms with E-state index in [9.17, 15) is 9.18 Å². The number of carbonyl (C=O) groups excluding carboxylic acids is 1. The summed E-state index contributed by atoms with van der Waals surface area (Å²) in [4.78, 5) is 16.8. The minimum atomic E-state index is -0.494. The molecular formula is C21H16ClFN4O. The molecule has 7 heteroatoms. The number of carbonyl (C=O) groups is 1. The van der Waals surface area contributed by atoms with Crippen LogP contribution in [0.4, 0.5) is 10.1 Å². The summed E-state index contributed by atoms with van der Waals surface area (Å²) in [5.41, 5.74) is 3.49. The van der Waals surface area contributed by atoms with Crippen molar-refractivity contribution in [3.8, 4) is 11.1 Å². The molecule has 0 spiro atoms. The number of fused-ring (bicyclic) bond motifs is 1. The van der Waals surface area contributed by atoms with Crippen LogP contribution in [0.15, 0.2) is 61.1 Å². The maximum absolute atomic E-state index is 13.9. The van der Waals surface area contributed by atoms with Gasteiger partial charge in [0.2, 0.25) is 5.91 Å². The number of aromatic nitrogens is 3. The lowest BCUT2D eigenvalue weighted by Gasteiger charge is -2.09. The van der Waals surface area contributed by atoms with Crippen LogP contribution >= 0.6 is 11.6 Å². The molecule has 28 heavy (non-hydrogen) atoms. The number of aryl methyl sites for hydroxylation is 1. The van der Waals surface area contributed by atoms with Gasteiger partial charge in [0, 0.05) is 52.2 Å². The number of halogens is 2. The van der Waals surface area contributed by atoms with Crippen molar-refractivity contribution in [3.63, 3.8) is 0 Å². The topological polar surface area (TPSA) is 59.8 Å². The molecule has 140 valence electrons. The minimum Gasteiger partial charge on any atom is -0.326 e. The Hall–Kier alpha value is -3.25. The van der Waals surface area contributed by atoms with Crippen molar-refractivity contribution in [1.29, 1.82) is 0 Å². The van der Waals surface area contributed by atoms with E-state index in [0.717, 1.165) is 22.0 Å². The first-order valence-corrected chi connectivity index (χ1v) is 8.99. The molecule has 0 saturated heterocycles. The van der Waals surface area contributed by atoms with Crippen molar-refractivity contribution in [2.75, 3.05) is 5.32 Å². The average molecular weight is 395 g/mol. The van der Waals surface area contributed by atoms with Gasteiger partial charge in [0.15, 0.2) is 0 Å². The Balaban J connectivity index is 1.57. The van der Waals surface area contributed by atoms with E-state index in [2.05, 4.69) is 15.4 Å². The normalized spacial score (nSPS) is 11.0. The van der Waals surface area contributed by atoms with Crippen LogP contribution in [0.1, 0.15) is 5.56 Å². The number of anilines is 1. The van der Waals surface area contributed by atoms with Crippen LogP contribution in [-0.4, -0.2) is 20.7 Å². The van der Waals surface area contributed by atoms with Gasteiger partial charge in [-0.1, -0.05) is 17.7 Å². The van der Waals surface area contributed by atoms with Gasteiger partial charge in [-0.25, -0.2) is 4.39 Å². The van der Waals surface area contributed by atoms with Crippen molar-refractivity contribution < 1.29 is 9.18 Å². The van der Waals surface area contributed by atoms with Gasteiger partial charge >= 0.3 is 0 Å². The van der Waals surface area contributed by atoms with Crippen molar-refractivity contribution in [2.24, 2.45) is 7.05 Å². The molecule has 0 radical (unpaired) electrons. The van der Waals surface area contributed by atoms with E-state index in [1.807, 2.05) is 31.4 Å². The molecule has 4 rings (SSSR count). The second-order valence-electron chi connectivity index (χ2n) is 6.46. The minimum absolute atomic E-state index is 0.141. The molecule has 1 N–H and O–H groups in total. The SMILES string of the molecule is Cn1cc(-c2cnc3ccc(NC(=O)Cc4c(F)cccc4Cl)cc3c2)cn1. The van der Waals surface area contributed by atoms with Crippen LogP contribution in [-0.2, 0) is 18.3 Å². The van der Waals surface area contributed by atoms with Gasteiger partial charge in [0.05, 0.1) is 18.1 Å². The molecule has 2 aromatic heterocycles. The van der Waals surface area contributed by atoms with Crippen molar-refractivity contribution >= 4 is 34.1 Å². The van der Waals surface area contributed by atoms with Gasteiger partial charge in [-0.15, -0.1) is 0 Å². The van der Waals surface area contributed by atoms with Crippen LogP contribution < -0.4 is 5.32 Å². The quantitative estimate of drug-likeness (QED) is 0.550. The van der Waals surface area contributed by atoms with E-state index in [1.165, 1.54) is 12.1 Å². The van der Waals surface area contributed by atoms with Crippen molar-refractivity contribution in [1.82, 2.24) is 14.8 Å². The zero-order valence-corrected chi connectivity index (χ0v) is 15.7. The van der Waals surface area contributed by atoms with Gasteiger partial charge in [-0.05, 0) is 36.4 Å². The lowest BCUT2D eigenvalue weighted by atomic mass is 10.1. The van der Waals surface area contributed by atoms with Gasteiger partial charge in [-0.3, -0.25) is 14.5 Å². The summed E-state index contributed by atoms with van der Waals surface area (Å²) >= 11 is 6.00. The Kier molecular flexibility index (Phi) is 4.79. The number of hydrogen-bond acceptors (Lipinski definition) is 3. The highest BCUT2D eigenvalue weighted by atomic mass is 35.5. The molecule has 2 heterocycles. The van der Waals surface area contributed by atoms with Crippen LogP contribution in [0.25, 0.3) is 22.0 Å². The van der Waals surface area contributed by atoms with Crippen LogP contribution in [0, 0.1) is 5.82 Å². The first-order valence-electron chi connectivity index (χ1n) is 8.61. The molecule has 0 aliphatic carbocycles. The summed E-state index contributed by atoms with van der Waals surface area (Å²) < 4.78 is 15.6. The first kappa shape index (κ1) is 18.1. The van der Waals surface area contributed by atoms with E-state index in [0.29, 0.717) is 5.69 Å². The van der Waals surface area contributed by atoms with Crippen molar-refractivity contribution in [2.45, 2.75) is 6.42 Å². The fourth-order valence-corrected chi connectivity index (χ4v) is 3.23. The predicted octanol–water partition coefficient (Wildman–Crippen LogP) is 4.61. The molecular weight excluding hydrogens is 379 g/mol. The zero-order valence-electron chi connectivity index (χ0n) is 15.0. The summed E-state index contributed by atoms with van der Waals surface area (Å²) in [5.74, 6) is -0.839. The molecule has 2 aromatic carbocycles. The lowest BCUT2D eigenvalue weighted by molar-refractivity contribution is -0.115. The molecule has 0 bridgehead atoms. The smallest absolute Gasteiger partial charge is 0.228 e. The van der Waals surface area contributed by atoms with E-state index in [-0.39, 0.29) is 22.9 Å². The largest absolute Gasteiger partial charge is 0.326 e. The molecule has 5 nitrogen and oxygen atoms in total. The lowest BCUT2D eigenvalue weighted by Crippen LogP contribution is -2.15. The standard InChI is InChI=1S/C21H16ClFN4O/c1-27-12-15(11-25-27)14-7-13-8-16(5-6-20(13)24-10-14)26-21(28)9-17-18(22)3-2-4-19(17)23/h2-8,10-12H,9H2,1H3,(H,26,28). The monoisotopic (exact) mass is 394 g/mol. The van der Waals surface area contributed by atoms with Gasteiger partial charge < -0.3 is 5.32 Å². The summed E-state index contributed by atoms with van der Waals surface area (Å²) in [7, 11) is 1.85. The first-order chi connectivity index (χ1) is 13.5. The number of nitrogens with zero attached hydrogens (tertiary/aromatic N) is 3. The fourth-order valence-electron chi connectivity index (χ4n) is 3.00. The number of pyridine rings is 1. The highest BCUT2D eigenvalue weighted by molar-refractivity contribution is 6.31. The molecule has 0 aliphatic heterocycles. The van der Waals surface area contributed by atoms with Gasteiger partial charge in [0.25, 0.3) is 0 Å². The van der Waals surface area contributed by atoms with Crippen LogP contribution in [0.5, 0.6) is 0 Å². The Morgan fingerprint density at radius 1 is 1.18 bits per heavy atom. The van der Waals surface area contributed by atoms with E-state index < -0.39 is 5.82 Å². The second kappa shape index (κ2) is 7.40. The highest BCUT2D eigenvalue weighted by Crippen LogP contribution is 2.25. The third kappa shape index (κ3) is 3.73. The summed E-state index contributed by atoms with van der Waals surface area (Å²) in [5, 5.41) is 8.08. The predicted molar refractivity (Wildman–Crippen MR) is 108 cm³/mol. The summed E-state index contributed by atoms with van der Waals surface area (Å²) in [6.07, 6.45) is 5.33.